The number of amides is 1. The van der Waals surface area contributed by atoms with Crippen LogP contribution in [0, 0.1) is 0 Å². The zero-order valence-corrected chi connectivity index (χ0v) is 16.2. The van der Waals surface area contributed by atoms with Gasteiger partial charge in [-0.05, 0) is 54.7 Å². The Bertz CT molecular complexity index is 893. The first-order valence-electron chi connectivity index (χ1n) is 8.95. The van der Waals surface area contributed by atoms with Gasteiger partial charge in [-0.25, -0.2) is 4.79 Å². The maximum Gasteiger partial charge on any atom is 0.342 e. The third-order valence-electron chi connectivity index (χ3n) is 4.64. The molecule has 2 aromatic rings. The van der Waals surface area contributed by atoms with E-state index in [1.165, 1.54) is 38.5 Å². The highest BCUT2D eigenvalue weighted by Crippen LogP contribution is 2.39. The van der Waals surface area contributed by atoms with E-state index in [0.717, 1.165) is 19.3 Å². The number of hydrogen-bond donors (Lipinski definition) is 1. The summed E-state index contributed by atoms with van der Waals surface area (Å²) in [5, 5.41) is 2.76. The lowest BCUT2D eigenvalue weighted by atomic mass is 10.1. The summed E-state index contributed by atoms with van der Waals surface area (Å²) >= 11 is 0. The first-order chi connectivity index (χ1) is 13.6. The molecular weight excluding hydrogens is 362 g/mol. The summed E-state index contributed by atoms with van der Waals surface area (Å²) in [6.07, 6.45) is 3.24. The van der Waals surface area contributed by atoms with Crippen LogP contribution in [0.3, 0.4) is 0 Å². The van der Waals surface area contributed by atoms with Crippen molar-refractivity contribution >= 4 is 17.6 Å². The topological polar surface area (TPSA) is 83.1 Å². The van der Waals surface area contributed by atoms with Crippen molar-refractivity contribution in [2.24, 2.45) is 0 Å². The van der Waals surface area contributed by atoms with Crippen LogP contribution in [0.25, 0.3) is 0 Å². The van der Waals surface area contributed by atoms with Gasteiger partial charge in [-0.15, -0.1) is 0 Å². The number of fused-ring (bicyclic) bond motifs is 1. The van der Waals surface area contributed by atoms with E-state index in [-0.39, 0.29) is 17.1 Å². The maximum absolute atomic E-state index is 12.4. The molecule has 0 radical (unpaired) electrons. The molecule has 0 heterocycles. The van der Waals surface area contributed by atoms with E-state index < -0.39 is 18.5 Å². The van der Waals surface area contributed by atoms with Gasteiger partial charge in [0.15, 0.2) is 18.1 Å². The Morgan fingerprint density at radius 3 is 2.39 bits per heavy atom. The van der Waals surface area contributed by atoms with Crippen molar-refractivity contribution in [3.05, 3.63) is 47.0 Å². The second-order valence-electron chi connectivity index (χ2n) is 6.34. The quantitative estimate of drug-likeness (QED) is 0.738. The van der Waals surface area contributed by atoms with Crippen molar-refractivity contribution in [3.63, 3.8) is 0 Å². The molecule has 0 spiro atoms. The van der Waals surface area contributed by atoms with Crippen molar-refractivity contribution < 1.29 is 28.5 Å². The SMILES string of the molecule is COc1ccc(C(=O)OCC(=O)Nc2ccc3c(c2)CCC3)c(OC)c1OC. The minimum Gasteiger partial charge on any atom is -0.493 e. The van der Waals surface area contributed by atoms with Gasteiger partial charge in [0.25, 0.3) is 5.91 Å². The van der Waals surface area contributed by atoms with Gasteiger partial charge < -0.3 is 24.3 Å². The molecule has 0 aliphatic heterocycles. The first-order valence-corrected chi connectivity index (χ1v) is 8.95. The lowest BCUT2D eigenvalue weighted by molar-refractivity contribution is -0.119. The summed E-state index contributed by atoms with van der Waals surface area (Å²) in [6.45, 7) is -0.409. The molecule has 1 N–H and O–H groups in total. The predicted molar refractivity (Wildman–Crippen MR) is 103 cm³/mol. The van der Waals surface area contributed by atoms with Crippen molar-refractivity contribution in [3.8, 4) is 17.2 Å². The van der Waals surface area contributed by atoms with Crippen molar-refractivity contribution in [2.45, 2.75) is 19.3 Å². The van der Waals surface area contributed by atoms with Crippen LogP contribution in [0.2, 0.25) is 0 Å². The molecule has 3 rings (SSSR count). The molecule has 0 saturated heterocycles. The van der Waals surface area contributed by atoms with E-state index in [1.54, 1.807) is 6.07 Å². The average molecular weight is 385 g/mol. The Labute approximate surface area is 163 Å². The summed E-state index contributed by atoms with van der Waals surface area (Å²) in [4.78, 5) is 24.6. The fourth-order valence-corrected chi connectivity index (χ4v) is 3.32. The number of aryl methyl sites for hydroxylation is 2. The van der Waals surface area contributed by atoms with Crippen molar-refractivity contribution in [2.75, 3.05) is 33.3 Å². The summed E-state index contributed by atoms with van der Waals surface area (Å²) in [6, 6.07) is 8.93. The number of carbonyl (C=O) groups excluding carboxylic acids is 2. The second-order valence-corrected chi connectivity index (χ2v) is 6.34. The maximum atomic E-state index is 12.4. The molecule has 0 saturated carbocycles. The van der Waals surface area contributed by atoms with Gasteiger partial charge in [-0.1, -0.05) is 6.07 Å². The normalized spacial score (nSPS) is 12.1. The molecule has 28 heavy (non-hydrogen) atoms. The molecule has 1 amide bonds. The molecule has 2 aromatic carbocycles. The van der Waals surface area contributed by atoms with Gasteiger partial charge in [0.1, 0.15) is 5.56 Å². The Kier molecular flexibility index (Phi) is 6.03. The number of benzene rings is 2. The van der Waals surface area contributed by atoms with E-state index in [9.17, 15) is 9.59 Å². The van der Waals surface area contributed by atoms with Crippen LogP contribution in [-0.2, 0) is 22.4 Å². The van der Waals surface area contributed by atoms with Gasteiger partial charge in [0, 0.05) is 5.69 Å². The van der Waals surface area contributed by atoms with Gasteiger partial charge in [-0.3, -0.25) is 4.79 Å². The van der Waals surface area contributed by atoms with Crippen LogP contribution >= 0.6 is 0 Å². The zero-order valence-electron chi connectivity index (χ0n) is 16.2. The Morgan fingerprint density at radius 2 is 1.68 bits per heavy atom. The van der Waals surface area contributed by atoms with Crippen LogP contribution in [0.4, 0.5) is 5.69 Å². The summed E-state index contributed by atoms with van der Waals surface area (Å²) in [5.74, 6) is -0.217. The van der Waals surface area contributed by atoms with Crippen LogP contribution in [-0.4, -0.2) is 39.8 Å². The smallest absolute Gasteiger partial charge is 0.342 e. The molecule has 0 aromatic heterocycles. The molecule has 0 bridgehead atoms. The van der Waals surface area contributed by atoms with Crippen LogP contribution in [0.15, 0.2) is 30.3 Å². The van der Waals surface area contributed by atoms with Crippen molar-refractivity contribution in [1.29, 1.82) is 0 Å². The van der Waals surface area contributed by atoms with Gasteiger partial charge in [0.05, 0.1) is 21.3 Å². The van der Waals surface area contributed by atoms with E-state index in [1.807, 2.05) is 18.2 Å². The standard InChI is InChI=1S/C21H23NO6/c1-25-17-10-9-16(19(26-2)20(17)27-3)21(24)28-12-18(23)22-15-8-7-13-5-4-6-14(13)11-15/h7-11H,4-6,12H2,1-3H3,(H,22,23). The summed E-state index contributed by atoms with van der Waals surface area (Å²) in [7, 11) is 4.34. The number of esters is 1. The molecule has 0 atom stereocenters. The third-order valence-corrected chi connectivity index (χ3v) is 4.64. The molecule has 1 aliphatic carbocycles. The Morgan fingerprint density at radius 1 is 0.929 bits per heavy atom. The fourth-order valence-electron chi connectivity index (χ4n) is 3.32. The highest BCUT2D eigenvalue weighted by Gasteiger charge is 2.22. The number of ether oxygens (including phenoxy) is 4. The zero-order chi connectivity index (χ0) is 20.1. The van der Waals surface area contributed by atoms with Crippen LogP contribution in [0.1, 0.15) is 27.9 Å². The third kappa shape index (κ3) is 4.03. The summed E-state index contributed by atoms with van der Waals surface area (Å²) < 4.78 is 20.9. The molecule has 148 valence electrons. The van der Waals surface area contributed by atoms with E-state index in [2.05, 4.69) is 5.32 Å². The number of rotatable bonds is 7. The number of carbonyl (C=O) groups is 2. The molecule has 7 heteroatoms. The molecule has 7 nitrogen and oxygen atoms in total. The minimum absolute atomic E-state index is 0.144. The van der Waals surface area contributed by atoms with Gasteiger partial charge >= 0.3 is 5.97 Å². The Balaban J connectivity index is 1.64. The lowest BCUT2D eigenvalue weighted by Gasteiger charge is -2.15. The predicted octanol–water partition coefficient (Wildman–Crippen LogP) is 3.00. The second kappa shape index (κ2) is 8.65. The monoisotopic (exact) mass is 385 g/mol. The highest BCUT2D eigenvalue weighted by molar-refractivity contribution is 5.97. The number of anilines is 1. The first kappa shape index (κ1) is 19.5. The molecular formula is C21H23NO6. The van der Waals surface area contributed by atoms with E-state index in [0.29, 0.717) is 11.4 Å². The largest absolute Gasteiger partial charge is 0.493 e. The molecule has 0 unspecified atom stereocenters. The van der Waals surface area contributed by atoms with Gasteiger partial charge in [-0.2, -0.15) is 0 Å². The van der Waals surface area contributed by atoms with E-state index in [4.69, 9.17) is 18.9 Å². The average Bonchev–Trinajstić information content (AvgIpc) is 3.18. The summed E-state index contributed by atoms with van der Waals surface area (Å²) in [5.41, 5.74) is 3.42. The fraction of sp³-hybridized carbons (Fsp3) is 0.333. The number of methoxy groups -OCH3 is 3. The molecule has 0 fully saturated rings. The van der Waals surface area contributed by atoms with Gasteiger partial charge in [0.2, 0.25) is 5.75 Å². The number of hydrogen-bond acceptors (Lipinski definition) is 6. The highest BCUT2D eigenvalue weighted by atomic mass is 16.5. The molecule has 1 aliphatic rings. The van der Waals surface area contributed by atoms with Crippen LogP contribution in [0.5, 0.6) is 17.2 Å². The van der Waals surface area contributed by atoms with E-state index >= 15 is 0 Å². The van der Waals surface area contributed by atoms with Crippen molar-refractivity contribution in [1.82, 2.24) is 0 Å². The lowest BCUT2D eigenvalue weighted by Crippen LogP contribution is -2.21. The van der Waals surface area contributed by atoms with Crippen LogP contribution < -0.4 is 19.5 Å². The number of nitrogens with one attached hydrogen (secondary N) is 1. The minimum atomic E-state index is -0.693. The Hall–Kier alpha value is -3.22.